The molecule has 1 unspecified atom stereocenters. The number of nitrogens with zero attached hydrogens (tertiary/aromatic N) is 2. The third-order valence-corrected chi connectivity index (χ3v) is 7.19. The first kappa shape index (κ1) is 23.6. The number of furan rings is 1. The third kappa shape index (κ3) is 5.69. The van der Waals surface area contributed by atoms with Crippen LogP contribution in [-0.4, -0.2) is 50.0 Å². The molecule has 0 amide bonds. The molecule has 0 saturated heterocycles. The molecular weight excluding hydrogens is 412 g/mol. The molecule has 0 saturated carbocycles. The molecule has 3 rings (SSSR count). The summed E-state index contributed by atoms with van der Waals surface area (Å²) in [6.45, 7) is 3.28. The summed E-state index contributed by atoms with van der Waals surface area (Å²) in [5.41, 5.74) is 1.15. The van der Waals surface area contributed by atoms with Crippen LogP contribution in [0.5, 0.6) is 0 Å². The minimum absolute atomic E-state index is 0. The van der Waals surface area contributed by atoms with Gasteiger partial charge in [0.1, 0.15) is 22.7 Å². The van der Waals surface area contributed by atoms with Gasteiger partial charge in [0.2, 0.25) is 0 Å². The molecule has 1 aliphatic rings. The number of carbonyl (C=O) groups excluding carboxylic acids is 1. The molecule has 0 aliphatic carbocycles. The Balaban J connectivity index is 0.00000300. The Morgan fingerprint density at radius 2 is 1.93 bits per heavy atom. The van der Waals surface area contributed by atoms with E-state index in [0.29, 0.717) is 24.5 Å². The lowest BCUT2D eigenvalue weighted by atomic mass is 10.1. The van der Waals surface area contributed by atoms with Crippen molar-refractivity contribution in [2.45, 2.75) is 49.5 Å². The molecule has 8 heteroatoms. The van der Waals surface area contributed by atoms with Gasteiger partial charge in [-0.15, -0.1) is 12.4 Å². The van der Waals surface area contributed by atoms with Crippen LogP contribution in [0.25, 0.3) is 0 Å². The zero-order valence-corrected chi connectivity index (χ0v) is 18.8. The van der Waals surface area contributed by atoms with Crippen molar-refractivity contribution < 1.29 is 17.6 Å². The smallest absolute Gasteiger partial charge is 0.194 e. The predicted octanol–water partition coefficient (Wildman–Crippen LogP) is 3.29. The molecule has 0 spiro atoms. The number of carbonyl (C=O) groups is 1. The number of hydrogen-bond acceptors (Lipinski definition) is 6. The predicted molar refractivity (Wildman–Crippen MR) is 115 cm³/mol. The van der Waals surface area contributed by atoms with Crippen molar-refractivity contribution in [1.29, 1.82) is 0 Å². The monoisotopic (exact) mass is 440 g/mol. The summed E-state index contributed by atoms with van der Waals surface area (Å²) in [6.07, 6.45) is 1.27. The summed E-state index contributed by atoms with van der Waals surface area (Å²) in [4.78, 5) is 15.8. The van der Waals surface area contributed by atoms with Gasteiger partial charge in [0.25, 0.3) is 0 Å². The Morgan fingerprint density at radius 1 is 1.24 bits per heavy atom. The van der Waals surface area contributed by atoms with Gasteiger partial charge in [-0.3, -0.25) is 4.90 Å². The van der Waals surface area contributed by atoms with Crippen LogP contribution in [0.2, 0.25) is 0 Å². The molecule has 1 aromatic carbocycles. The van der Waals surface area contributed by atoms with Crippen LogP contribution < -0.4 is 0 Å². The molecular formula is C21H29ClN2O4S. The van der Waals surface area contributed by atoms with E-state index in [1.165, 1.54) is 6.92 Å². The molecule has 29 heavy (non-hydrogen) atoms. The summed E-state index contributed by atoms with van der Waals surface area (Å²) in [6, 6.07) is 10.6. The van der Waals surface area contributed by atoms with Crippen molar-refractivity contribution in [1.82, 2.24) is 9.80 Å². The quantitative estimate of drug-likeness (QED) is 0.627. The summed E-state index contributed by atoms with van der Waals surface area (Å²) in [5.74, 6) is 1.72. The number of benzene rings is 1. The highest BCUT2D eigenvalue weighted by atomic mass is 35.5. The van der Waals surface area contributed by atoms with Crippen LogP contribution in [0.4, 0.5) is 0 Å². The number of Topliss-reactive ketones (excluding diaryl/α,β-unsaturated/α-hetero) is 1. The van der Waals surface area contributed by atoms with E-state index < -0.39 is 15.2 Å². The second-order valence-electron chi connectivity index (χ2n) is 7.67. The van der Waals surface area contributed by atoms with Gasteiger partial charge in [-0.2, -0.15) is 0 Å². The second-order valence-corrected chi connectivity index (χ2v) is 9.78. The molecule has 0 fully saturated rings. The molecule has 1 atom stereocenters. The van der Waals surface area contributed by atoms with E-state index in [4.69, 9.17) is 4.42 Å². The lowest BCUT2D eigenvalue weighted by molar-refractivity contribution is -0.117. The first-order chi connectivity index (χ1) is 13.3. The van der Waals surface area contributed by atoms with Crippen LogP contribution in [0, 0.1) is 0 Å². The zero-order chi connectivity index (χ0) is 20.3. The lowest BCUT2D eigenvalue weighted by Crippen LogP contribution is -2.44. The minimum atomic E-state index is -3.59. The average molecular weight is 441 g/mol. The first-order valence-corrected chi connectivity index (χ1v) is 11.1. The maximum Gasteiger partial charge on any atom is 0.194 e. The highest BCUT2D eigenvalue weighted by Gasteiger charge is 2.35. The van der Waals surface area contributed by atoms with Crippen molar-refractivity contribution in [3.8, 4) is 0 Å². The van der Waals surface area contributed by atoms with E-state index in [1.807, 2.05) is 23.9 Å². The van der Waals surface area contributed by atoms with Crippen LogP contribution in [0.3, 0.4) is 0 Å². The zero-order valence-electron chi connectivity index (χ0n) is 17.1. The molecule has 2 aromatic rings. The van der Waals surface area contributed by atoms with Gasteiger partial charge in [-0.25, -0.2) is 8.42 Å². The molecule has 1 aromatic heterocycles. The SMILES string of the molecule is CC(=O)CCC(N1CCc2cc(CN(C)C)oc2C1)S(=O)(=O)c1ccccc1.Cl. The van der Waals surface area contributed by atoms with E-state index in [2.05, 4.69) is 6.07 Å². The van der Waals surface area contributed by atoms with E-state index in [-0.39, 0.29) is 31.0 Å². The number of fused-ring (bicyclic) bond motifs is 1. The summed E-state index contributed by atoms with van der Waals surface area (Å²) in [7, 11) is 0.381. The van der Waals surface area contributed by atoms with Crippen molar-refractivity contribution in [3.05, 3.63) is 53.5 Å². The largest absolute Gasteiger partial charge is 0.463 e. The fraction of sp³-hybridized carbons (Fsp3) is 0.476. The average Bonchev–Trinajstić information content (AvgIpc) is 3.03. The minimum Gasteiger partial charge on any atom is -0.463 e. The number of hydrogen-bond donors (Lipinski definition) is 0. The van der Waals surface area contributed by atoms with Gasteiger partial charge in [0, 0.05) is 13.0 Å². The van der Waals surface area contributed by atoms with Crippen molar-refractivity contribution >= 4 is 28.0 Å². The van der Waals surface area contributed by atoms with Crippen LogP contribution >= 0.6 is 12.4 Å². The third-order valence-electron chi connectivity index (χ3n) is 5.02. The topological polar surface area (TPSA) is 70.8 Å². The van der Waals surface area contributed by atoms with Gasteiger partial charge >= 0.3 is 0 Å². The van der Waals surface area contributed by atoms with E-state index in [1.54, 1.807) is 30.3 Å². The Hall–Kier alpha value is -1.67. The van der Waals surface area contributed by atoms with Crippen molar-refractivity contribution in [3.63, 3.8) is 0 Å². The van der Waals surface area contributed by atoms with Gasteiger partial charge in [0.05, 0.1) is 18.0 Å². The van der Waals surface area contributed by atoms with E-state index >= 15 is 0 Å². The number of ketones is 1. The van der Waals surface area contributed by atoms with Gasteiger partial charge < -0.3 is 14.1 Å². The fourth-order valence-corrected chi connectivity index (χ4v) is 5.52. The number of halogens is 1. The maximum atomic E-state index is 13.3. The molecule has 0 bridgehead atoms. The fourth-order valence-electron chi connectivity index (χ4n) is 3.66. The summed E-state index contributed by atoms with van der Waals surface area (Å²) >= 11 is 0. The van der Waals surface area contributed by atoms with Crippen molar-refractivity contribution in [2.75, 3.05) is 20.6 Å². The van der Waals surface area contributed by atoms with Crippen molar-refractivity contribution in [2.24, 2.45) is 0 Å². The van der Waals surface area contributed by atoms with Gasteiger partial charge in [-0.05, 0) is 57.6 Å². The van der Waals surface area contributed by atoms with Gasteiger partial charge in [-0.1, -0.05) is 18.2 Å². The molecule has 2 heterocycles. The molecule has 1 aliphatic heterocycles. The van der Waals surface area contributed by atoms with Crippen LogP contribution in [-0.2, 0) is 34.1 Å². The normalized spacial score (nSPS) is 15.6. The molecule has 0 radical (unpaired) electrons. The Labute approximate surface area is 179 Å². The van der Waals surface area contributed by atoms with E-state index in [9.17, 15) is 13.2 Å². The van der Waals surface area contributed by atoms with E-state index in [0.717, 1.165) is 23.5 Å². The Morgan fingerprint density at radius 3 is 2.55 bits per heavy atom. The number of rotatable bonds is 8. The molecule has 6 nitrogen and oxygen atoms in total. The summed E-state index contributed by atoms with van der Waals surface area (Å²) < 4.78 is 32.6. The first-order valence-electron chi connectivity index (χ1n) is 9.55. The van der Waals surface area contributed by atoms with Crippen LogP contribution in [0.1, 0.15) is 36.8 Å². The standard InChI is InChI=1S/C21H28N2O4S.ClH/c1-16(24)9-10-21(28(25,26)19-7-5-4-6-8-19)23-12-11-17-13-18(14-22(2)3)27-20(17)15-23;/h4-8,13,21H,9-12,14-15H2,1-3H3;1H. The highest BCUT2D eigenvalue weighted by molar-refractivity contribution is 7.92. The second kappa shape index (κ2) is 9.89. The maximum absolute atomic E-state index is 13.3. The lowest BCUT2D eigenvalue weighted by Gasteiger charge is -2.33. The molecule has 0 N–H and O–H groups in total. The Bertz CT molecular complexity index is 925. The molecule has 160 valence electrons. The summed E-state index contributed by atoms with van der Waals surface area (Å²) in [5, 5.41) is -0.741. The van der Waals surface area contributed by atoms with Crippen LogP contribution in [0.15, 0.2) is 45.7 Å². The number of sulfone groups is 1. The highest BCUT2D eigenvalue weighted by Crippen LogP contribution is 2.30. The Kier molecular flexibility index (Phi) is 8.05. The van der Waals surface area contributed by atoms with Gasteiger partial charge in [0.15, 0.2) is 9.84 Å².